The molecule has 1 aliphatic carbocycles. The van der Waals surface area contributed by atoms with Gasteiger partial charge >= 0.3 is 0 Å². The van der Waals surface area contributed by atoms with Gasteiger partial charge in [0.25, 0.3) is 0 Å². The Bertz CT molecular complexity index is 474. The van der Waals surface area contributed by atoms with Gasteiger partial charge in [-0.1, -0.05) is 12.1 Å². The fraction of sp³-hybridized carbons (Fsp3) is 0.562. The summed E-state index contributed by atoms with van der Waals surface area (Å²) in [6, 6.07) is 6.63. The van der Waals surface area contributed by atoms with Gasteiger partial charge in [-0.05, 0) is 36.5 Å². The van der Waals surface area contributed by atoms with Gasteiger partial charge < -0.3 is 15.0 Å². The number of hydrogen-bond donors (Lipinski definition) is 1. The van der Waals surface area contributed by atoms with E-state index in [4.69, 9.17) is 4.74 Å². The minimum atomic E-state index is -0.211. The van der Waals surface area contributed by atoms with Crippen LogP contribution >= 0.6 is 0 Å². The van der Waals surface area contributed by atoms with Crippen LogP contribution in [-0.4, -0.2) is 44.7 Å². The minimum absolute atomic E-state index is 0.211. The lowest BCUT2D eigenvalue weighted by Crippen LogP contribution is -2.40. The van der Waals surface area contributed by atoms with Crippen molar-refractivity contribution in [2.75, 3.05) is 33.9 Å². The van der Waals surface area contributed by atoms with Crippen molar-refractivity contribution in [1.29, 1.82) is 0 Å². The molecule has 1 aliphatic rings. The smallest absolute Gasteiger partial charge is 0.193 e. The fourth-order valence-corrected chi connectivity index (χ4v) is 2.14. The second kappa shape index (κ2) is 7.98. The SMILES string of the molecule is CN=C(NCCOCC1CC1)N(C)Cc1cccc(F)c1. The van der Waals surface area contributed by atoms with E-state index in [1.807, 2.05) is 18.0 Å². The molecule has 21 heavy (non-hydrogen) atoms. The second-order valence-corrected chi connectivity index (χ2v) is 5.48. The largest absolute Gasteiger partial charge is 0.379 e. The molecule has 2 rings (SSSR count). The molecule has 0 heterocycles. The summed E-state index contributed by atoms with van der Waals surface area (Å²) in [6.07, 6.45) is 2.62. The van der Waals surface area contributed by atoms with Crippen molar-refractivity contribution in [3.8, 4) is 0 Å². The standard InChI is InChI=1S/C16H24FN3O/c1-18-16(19-8-9-21-12-13-6-7-13)20(2)11-14-4-3-5-15(17)10-14/h3-5,10,13H,6-9,11-12H2,1-2H3,(H,18,19). The Morgan fingerprint density at radius 1 is 1.48 bits per heavy atom. The van der Waals surface area contributed by atoms with Crippen molar-refractivity contribution < 1.29 is 9.13 Å². The molecule has 1 aromatic carbocycles. The number of guanidine groups is 1. The lowest BCUT2D eigenvalue weighted by Gasteiger charge is -2.22. The van der Waals surface area contributed by atoms with Crippen molar-refractivity contribution in [3.05, 3.63) is 35.6 Å². The van der Waals surface area contributed by atoms with Crippen LogP contribution in [0.2, 0.25) is 0 Å². The maximum atomic E-state index is 13.2. The van der Waals surface area contributed by atoms with E-state index in [0.29, 0.717) is 13.2 Å². The second-order valence-electron chi connectivity index (χ2n) is 5.48. The van der Waals surface area contributed by atoms with E-state index >= 15 is 0 Å². The molecule has 0 aromatic heterocycles. The fourth-order valence-electron chi connectivity index (χ4n) is 2.14. The van der Waals surface area contributed by atoms with E-state index in [2.05, 4.69) is 10.3 Å². The molecule has 116 valence electrons. The summed E-state index contributed by atoms with van der Waals surface area (Å²) in [7, 11) is 3.68. The highest BCUT2D eigenvalue weighted by Gasteiger charge is 2.20. The Kier molecular flexibility index (Phi) is 5.99. The topological polar surface area (TPSA) is 36.9 Å². The zero-order chi connectivity index (χ0) is 15.1. The van der Waals surface area contributed by atoms with Gasteiger partial charge in [0.05, 0.1) is 6.61 Å². The van der Waals surface area contributed by atoms with Gasteiger partial charge in [-0.15, -0.1) is 0 Å². The van der Waals surface area contributed by atoms with Gasteiger partial charge in [0.15, 0.2) is 5.96 Å². The average molecular weight is 293 g/mol. The molecule has 1 aromatic rings. The number of nitrogens with zero attached hydrogens (tertiary/aromatic N) is 2. The molecule has 0 amide bonds. The number of nitrogens with one attached hydrogen (secondary N) is 1. The number of ether oxygens (including phenoxy) is 1. The Morgan fingerprint density at radius 3 is 2.95 bits per heavy atom. The summed E-state index contributed by atoms with van der Waals surface area (Å²) in [6.45, 7) is 2.90. The molecule has 4 nitrogen and oxygen atoms in total. The summed E-state index contributed by atoms with van der Waals surface area (Å²) in [5.74, 6) is 1.37. The molecule has 0 unspecified atom stereocenters. The number of benzene rings is 1. The molecule has 0 radical (unpaired) electrons. The van der Waals surface area contributed by atoms with Gasteiger partial charge in [0.2, 0.25) is 0 Å². The number of hydrogen-bond acceptors (Lipinski definition) is 2. The first-order chi connectivity index (χ1) is 10.2. The molecule has 1 saturated carbocycles. The molecular weight excluding hydrogens is 269 g/mol. The molecule has 0 aliphatic heterocycles. The van der Waals surface area contributed by atoms with Crippen LogP contribution in [0.1, 0.15) is 18.4 Å². The highest BCUT2D eigenvalue weighted by molar-refractivity contribution is 5.79. The average Bonchev–Trinajstić information content (AvgIpc) is 3.27. The summed E-state index contributed by atoms with van der Waals surface area (Å²) >= 11 is 0. The van der Waals surface area contributed by atoms with Gasteiger partial charge in [-0.25, -0.2) is 4.39 Å². The molecule has 1 N–H and O–H groups in total. The van der Waals surface area contributed by atoms with Crippen LogP contribution in [0.25, 0.3) is 0 Å². The molecule has 0 saturated heterocycles. The molecule has 0 spiro atoms. The first-order valence-electron chi connectivity index (χ1n) is 7.43. The highest BCUT2D eigenvalue weighted by Crippen LogP contribution is 2.28. The predicted octanol–water partition coefficient (Wildman–Crippen LogP) is 2.26. The van der Waals surface area contributed by atoms with Crippen LogP contribution < -0.4 is 5.32 Å². The van der Waals surface area contributed by atoms with E-state index in [-0.39, 0.29) is 5.82 Å². The van der Waals surface area contributed by atoms with Crippen LogP contribution in [-0.2, 0) is 11.3 Å². The highest BCUT2D eigenvalue weighted by atomic mass is 19.1. The van der Waals surface area contributed by atoms with Gasteiger partial charge in [0, 0.05) is 33.8 Å². The summed E-state index contributed by atoms with van der Waals surface area (Å²) in [5, 5.41) is 3.26. The quantitative estimate of drug-likeness (QED) is 0.476. The Labute approximate surface area is 126 Å². The van der Waals surface area contributed by atoms with Crippen molar-refractivity contribution in [1.82, 2.24) is 10.2 Å². The first-order valence-corrected chi connectivity index (χ1v) is 7.43. The number of rotatable bonds is 7. The molecule has 0 atom stereocenters. The lowest BCUT2D eigenvalue weighted by molar-refractivity contribution is 0.128. The molecular formula is C16H24FN3O. The van der Waals surface area contributed by atoms with Crippen molar-refractivity contribution in [2.24, 2.45) is 10.9 Å². The van der Waals surface area contributed by atoms with E-state index in [1.54, 1.807) is 19.2 Å². The maximum absolute atomic E-state index is 13.2. The Morgan fingerprint density at radius 2 is 2.29 bits per heavy atom. The van der Waals surface area contributed by atoms with Crippen LogP contribution in [0.15, 0.2) is 29.3 Å². The van der Waals surface area contributed by atoms with Gasteiger partial charge in [-0.3, -0.25) is 4.99 Å². The van der Waals surface area contributed by atoms with Crippen LogP contribution in [0, 0.1) is 11.7 Å². The van der Waals surface area contributed by atoms with Crippen molar-refractivity contribution in [2.45, 2.75) is 19.4 Å². The zero-order valence-corrected chi connectivity index (χ0v) is 12.8. The molecule has 1 fully saturated rings. The van der Waals surface area contributed by atoms with E-state index < -0.39 is 0 Å². The maximum Gasteiger partial charge on any atom is 0.193 e. The van der Waals surface area contributed by atoms with Crippen LogP contribution in [0.5, 0.6) is 0 Å². The van der Waals surface area contributed by atoms with E-state index in [1.165, 1.54) is 18.9 Å². The molecule has 0 bridgehead atoms. The predicted molar refractivity (Wildman–Crippen MR) is 82.8 cm³/mol. The summed E-state index contributed by atoms with van der Waals surface area (Å²) in [4.78, 5) is 6.20. The Hall–Kier alpha value is -1.62. The minimum Gasteiger partial charge on any atom is -0.379 e. The zero-order valence-electron chi connectivity index (χ0n) is 12.8. The van der Waals surface area contributed by atoms with Crippen molar-refractivity contribution >= 4 is 5.96 Å². The van der Waals surface area contributed by atoms with Crippen LogP contribution in [0.3, 0.4) is 0 Å². The van der Waals surface area contributed by atoms with Crippen LogP contribution in [0.4, 0.5) is 4.39 Å². The number of halogens is 1. The normalized spacial score (nSPS) is 15.1. The summed E-state index contributed by atoms with van der Waals surface area (Å²) < 4.78 is 18.8. The number of aliphatic imine (C=N–C) groups is 1. The monoisotopic (exact) mass is 293 g/mol. The third kappa shape index (κ3) is 5.71. The summed E-state index contributed by atoms with van der Waals surface area (Å²) in [5.41, 5.74) is 0.922. The third-order valence-corrected chi connectivity index (χ3v) is 3.46. The van der Waals surface area contributed by atoms with Gasteiger partial charge in [0.1, 0.15) is 5.82 Å². The van der Waals surface area contributed by atoms with Gasteiger partial charge in [-0.2, -0.15) is 0 Å². The van der Waals surface area contributed by atoms with Crippen molar-refractivity contribution in [3.63, 3.8) is 0 Å². The van der Waals surface area contributed by atoms with E-state index in [9.17, 15) is 4.39 Å². The van der Waals surface area contributed by atoms with E-state index in [0.717, 1.165) is 30.6 Å². The Balaban J connectivity index is 1.71. The first kappa shape index (κ1) is 15.8. The third-order valence-electron chi connectivity index (χ3n) is 3.46. The lowest BCUT2D eigenvalue weighted by atomic mass is 10.2. The molecule has 5 heteroatoms.